The van der Waals surface area contributed by atoms with Crippen LogP contribution in [0.4, 0.5) is 5.82 Å². The molecular weight excluding hydrogens is 238 g/mol. The molecular formula is C14H15N5. The molecule has 1 aliphatic heterocycles. The van der Waals surface area contributed by atoms with E-state index in [-0.39, 0.29) is 0 Å². The maximum absolute atomic E-state index is 8.79. The van der Waals surface area contributed by atoms with E-state index in [1.165, 1.54) is 12.1 Å². The number of anilines is 1. The van der Waals surface area contributed by atoms with Gasteiger partial charge in [-0.1, -0.05) is 0 Å². The highest BCUT2D eigenvalue weighted by molar-refractivity contribution is 5.42. The number of piperidine rings is 1. The number of H-pyrrole nitrogens is 1. The zero-order chi connectivity index (χ0) is 13.1. The smallest absolute Gasteiger partial charge is 0.128 e. The van der Waals surface area contributed by atoms with Crippen LogP contribution in [0.1, 0.15) is 30.0 Å². The lowest BCUT2D eigenvalue weighted by Gasteiger charge is -2.33. The van der Waals surface area contributed by atoms with Crippen molar-refractivity contribution < 1.29 is 0 Å². The Kier molecular flexibility index (Phi) is 3.15. The van der Waals surface area contributed by atoms with Gasteiger partial charge in [0.25, 0.3) is 0 Å². The fourth-order valence-electron chi connectivity index (χ4n) is 2.57. The number of hydrogen-bond donors (Lipinski definition) is 1. The summed E-state index contributed by atoms with van der Waals surface area (Å²) in [4.78, 5) is 6.64. The lowest BCUT2D eigenvalue weighted by atomic mass is 9.95. The minimum absolute atomic E-state index is 0.480. The second-order valence-corrected chi connectivity index (χ2v) is 4.81. The average molecular weight is 253 g/mol. The summed E-state index contributed by atoms with van der Waals surface area (Å²) in [6.45, 7) is 1.96. The van der Waals surface area contributed by atoms with Crippen LogP contribution in [-0.2, 0) is 0 Å². The van der Waals surface area contributed by atoms with Crippen molar-refractivity contribution in [1.82, 2.24) is 15.2 Å². The number of hydrogen-bond acceptors (Lipinski definition) is 4. The molecule has 1 atom stereocenters. The Labute approximate surface area is 111 Å². The van der Waals surface area contributed by atoms with E-state index in [2.05, 4.69) is 26.2 Å². The molecule has 2 aromatic heterocycles. The molecule has 3 heterocycles. The quantitative estimate of drug-likeness (QED) is 0.889. The summed E-state index contributed by atoms with van der Waals surface area (Å²) in [7, 11) is 0. The summed E-state index contributed by atoms with van der Waals surface area (Å²) in [6.07, 6.45) is 5.75. The Morgan fingerprint density at radius 3 is 3.00 bits per heavy atom. The van der Waals surface area contributed by atoms with Crippen LogP contribution in [0.2, 0.25) is 0 Å². The fourth-order valence-corrected chi connectivity index (χ4v) is 2.57. The van der Waals surface area contributed by atoms with Gasteiger partial charge in [-0.3, -0.25) is 5.10 Å². The molecule has 5 heteroatoms. The molecule has 0 aliphatic carbocycles. The summed E-state index contributed by atoms with van der Waals surface area (Å²) >= 11 is 0. The van der Waals surface area contributed by atoms with Gasteiger partial charge in [0.1, 0.15) is 11.9 Å². The molecule has 0 amide bonds. The van der Waals surface area contributed by atoms with Crippen LogP contribution in [0.15, 0.2) is 30.6 Å². The number of nitriles is 1. The maximum Gasteiger partial charge on any atom is 0.128 e. The average Bonchev–Trinajstić information content (AvgIpc) is 3.02. The van der Waals surface area contributed by atoms with Crippen LogP contribution < -0.4 is 4.90 Å². The fraction of sp³-hybridized carbons (Fsp3) is 0.357. The molecule has 0 radical (unpaired) electrons. The van der Waals surface area contributed by atoms with E-state index in [9.17, 15) is 0 Å². The summed E-state index contributed by atoms with van der Waals surface area (Å²) in [5.74, 6) is 1.43. The Morgan fingerprint density at radius 2 is 2.32 bits per heavy atom. The molecule has 1 saturated heterocycles. The Hall–Kier alpha value is -2.35. The second-order valence-electron chi connectivity index (χ2n) is 4.81. The summed E-state index contributed by atoms with van der Waals surface area (Å²) in [5, 5.41) is 15.9. The van der Waals surface area contributed by atoms with Gasteiger partial charge in [-0.2, -0.15) is 10.4 Å². The number of pyridine rings is 1. The molecule has 1 aliphatic rings. The monoisotopic (exact) mass is 253 g/mol. The summed E-state index contributed by atoms with van der Waals surface area (Å²) in [6, 6.07) is 7.88. The third-order valence-corrected chi connectivity index (χ3v) is 3.58. The number of nitrogens with zero attached hydrogens (tertiary/aromatic N) is 4. The van der Waals surface area contributed by atoms with E-state index < -0.39 is 0 Å². The van der Waals surface area contributed by atoms with Crippen LogP contribution in [0.25, 0.3) is 0 Å². The van der Waals surface area contributed by atoms with Crippen molar-refractivity contribution in [2.75, 3.05) is 18.0 Å². The second kappa shape index (κ2) is 5.11. The summed E-state index contributed by atoms with van der Waals surface area (Å²) < 4.78 is 0. The predicted molar refractivity (Wildman–Crippen MR) is 71.7 cm³/mol. The first-order chi connectivity index (χ1) is 9.36. The number of aromatic nitrogens is 3. The first-order valence-corrected chi connectivity index (χ1v) is 6.47. The molecule has 0 spiro atoms. The molecule has 1 N–H and O–H groups in total. The first-order valence-electron chi connectivity index (χ1n) is 6.47. The zero-order valence-corrected chi connectivity index (χ0v) is 10.6. The highest BCUT2D eigenvalue weighted by Crippen LogP contribution is 2.27. The molecule has 1 fully saturated rings. The third kappa shape index (κ3) is 2.43. The van der Waals surface area contributed by atoms with Gasteiger partial charge in [0.2, 0.25) is 0 Å². The predicted octanol–water partition coefficient (Wildman–Crippen LogP) is 2.06. The van der Waals surface area contributed by atoms with E-state index in [1.54, 1.807) is 12.4 Å². The van der Waals surface area contributed by atoms with Gasteiger partial charge >= 0.3 is 0 Å². The minimum Gasteiger partial charge on any atom is -0.356 e. The number of nitrogens with one attached hydrogen (secondary N) is 1. The first kappa shape index (κ1) is 11.7. The highest BCUT2D eigenvalue weighted by Gasteiger charge is 2.22. The highest BCUT2D eigenvalue weighted by atomic mass is 15.2. The normalized spacial score (nSPS) is 19.1. The Morgan fingerprint density at radius 1 is 1.37 bits per heavy atom. The van der Waals surface area contributed by atoms with Gasteiger partial charge in [-0.25, -0.2) is 4.98 Å². The lowest BCUT2D eigenvalue weighted by Crippen LogP contribution is -2.35. The standard InChI is InChI=1S/C14H15N5/c15-8-11-3-4-14(16-9-11)19-7-1-2-12(10-19)13-5-6-17-18-13/h3-6,9,12H,1-2,7,10H2,(H,17,18). The van der Waals surface area contributed by atoms with Crippen LogP contribution in [0.5, 0.6) is 0 Å². The van der Waals surface area contributed by atoms with Crippen LogP contribution >= 0.6 is 0 Å². The molecule has 1 unspecified atom stereocenters. The van der Waals surface area contributed by atoms with Gasteiger partial charge < -0.3 is 4.90 Å². The molecule has 19 heavy (non-hydrogen) atoms. The SMILES string of the molecule is N#Cc1ccc(N2CCCC(c3ccn[nH]3)C2)nc1. The molecule has 0 aromatic carbocycles. The lowest BCUT2D eigenvalue weighted by molar-refractivity contribution is 0.498. The Balaban J connectivity index is 1.76. The van der Waals surface area contributed by atoms with Crippen molar-refractivity contribution in [1.29, 1.82) is 5.26 Å². The van der Waals surface area contributed by atoms with Crippen molar-refractivity contribution in [3.63, 3.8) is 0 Å². The van der Waals surface area contributed by atoms with Gasteiger partial charge in [0.15, 0.2) is 0 Å². The van der Waals surface area contributed by atoms with Gasteiger partial charge in [-0.05, 0) is 31.0 Å². The Bertz CT molecular complexity index is 567. The van der Waals surface area contributed by atoms with Crippen LogP contribution in [0, 0.1) is 11.3 Å². The van der Waals surface area contributed by atoms with E-state index in [1.807, 2.05) is 18.2 Å². The molecule has 2 aromatic rings. The van der Waals surface area contributed by atoms with Crippen molar-refractivity contribution in [3.8, 4) is 6.07 Å². The zero-order valence-electron chi connectivity index (χ0n) is 10.6. The summed E-state index contributed by atoms with van der Waals surface area (Å²) in [5.41, 5.74) is 1.80. The molecule has 3 rings (SSSR count). The van der Waals surface area contributed by atoms with Gasteiger partial charge in [0.05, 0.1) is 5.56 Å². The van der Waals surface area contributed by atoms with Crippen LogP contribution in [-0.4, -0.2) is 28.3 Å². The maximum atomic E-state index is 8.79. The molecule has 5 nitrogen and oxygen atoms in total. The van der Waals surface area contributed by atoms with Crippen molar-refractivity contribution in [3.05, 3.63) is 41.9 Å². The van der Waals surface area contributed by atoms with Crippen LogP contribution in [0.3, 0.4) is 0 Å². The topological polar surface area (TPSA) is 68.6 Å². The molecule has 96 valence electrons. The van der Waals surface area contributed by atoms with E-state index >= 15 is 0 Å². The molecule has 0 saturated carbocycles. The molecule has 0 bridgehead atoms. The van der Waals surface area contributed by atoms with E-state index in [4.69, 9.17) is 5.26 Å². The van der Waals surface area contributed by atoms with Crippen molar-refractivity contribution in [2.24, 2.45) is 0 Å². The largest absolute Gasteiger partial charge is 0.356 e. The third-order valence-electron chi connectivity index (χ3n) is 3.58. The van der Waals surface area contributed by atoms with E-state index in [0.717, 1.165) is 25.3 Å². The van der Waals surface area contributed by atoms with Gasteiger partial charge in [0, 0.05) is 37.1 Å². The number of aromatic amines is 1. The number of rotatable bonds is 2. The van der Waals surface area contributed by atoms with Crippen molar-refractivity contribution >= 4 is 5.82 Å². The van der Waals surface area contributed by atoms with E-state index in [0.29, 0.717) is 11.5 Å². The van der Waals surface area contributed by atoms with Gasteiger partial charge in [-0.15, -0.1) is 0 Å². The minimum atomic E-state index is 0.480. The van der Waals surface area contributed by atoms with Crippen molar-refractivity contribution in [2.45, 2.75) is 18.8 Å².